The van der Waals surface area contributed by atoms with Gasteiger partial charge in [-0.2, -0.15) is 0 Å². The maximum Gasteiger partial charge on any atom is 0.125 e. The van der Waals surface area contributed by atoms with Crippen molar-refractivity contribution in [2.24, 2.45) is 0 Å². The first-order chi connectivity index (χ1) is 10.3. The minimum Gasteiger partial charge on any atom is -0.493 e. The lowest BCUT2D eigenvalue weighted by atomic mass is 10.0. The van der Waals surface area contributed by atoms with Gasteiger partial charge in [0.25, 0.3) is 0 Å². The molecule has 3 heteroatoms. The summed E-state index contributed by atoms with van der Waals surface area (Å²) >= 11 is 0. The fourth-order valence-electron chi connectivity index (χ4n) is 2.45. The van der Waals surface area contributed by atoms with Gasteiger partial charge in [0.15, 0.2) is 0 Å². The number of benzene rings is 2. The number of hydrogen-bond donors (Lipinski definition) is 1. The van der Waals surface area contributed by atoms with Gasteiger partial charge in [0.1, 0.15) is 5.75 Å². The molecule has 0 spiro atoms. The molecule has 0 atom stereocenters. The Balaban J connectivity index is 0.00000242. The van der Waals surface area contributed by atoms with Gasteiger partial charge in [-0.1, -0.05) is 48.5 Å². The van der Waals surface area contributed by atoms with E-state index in [0.717, 1.165) is 38.2 Å². The van der Waals surface area contributed by atoms with Gasteiger partial charge in [0.2, 0.25) is 0 Å². The largest absolute Gasteiger partial charge is 0.493 e. The van der Waals surface area contributed by atoms with Crippen LogP contribution in [-0.2, 0) is 6.42 Å². The van der Waals surface area contributed by atoms with E-state index < -0.39 is 0 Å². The standard InChI is InChI=1S/C19H25NO.ClH/c1-16-9-8-12-18(15-17-10-4-3-5-11-17)19(16)21-14-7-6-13-20-2;/h3-5,8-12,20H,6-7,13-15H2,1-2H3;1H. The predicted octanol–water partition coefficient (Wildman–Crippen LogP) is 4.39. The first kappa shape index (κ1) is 18.5. The molecule has 0 unspecified atom stereocenters. The van der Waals surface area contributed by atoms with Gasteiger partial charge in [-0.15, -0.1) is 12.4 Å². The number of halogens is 1. The Bertz CT molecular complexity index is 542. The quantitative estimate of drug-likeness (QED) is 0.729. The fraction of sp³-hybridized carbons (Fsp3) is 0.368. The third-order valence-electron chi connectivity index (χ3n) is 3.60. The highest BCUT2D eigenvalue weighted by atomic mass is 35.5. The van der Waals surface area contributed by atoms with Crippen LogP contribution >= 0.6 is 12.4 Å². The fourth-order valence-corrected chi connectivity index (χ4v) is 2.45. The van der Waals surface area contributed by atoms with E-state index >= 15 is 0 Å². The average Bonchev–Trinajstić information content (AvgIpc) is 2.50. The highest BCUT2D eigenvalue weighted by Gasteiger charge is 2.07. The number of nitrogens with one attached hydrogen (secondary N) is 1. The molecule has 1 N–H and O–H groups in total. The number of hydrogen-bond acceptors (Lipinski definition) is 2. The molecule has 0 fully saturated rings. The topological polar surface area (TPSA) is 21.3 Å². The van der Waals surface area contributed by atoms with Crippen LogP contribution in [0.1, 0.15) is 29.5 Å². The number of ether oxygens (including phenoxy) is 1. The monoisotopic (exact) mass is 319 g/mol. The van der Waals surface area contributed by atoms with E-state index in [1.807, 2.05) is 7.05 Å². The molecule has 2 aromatic rings. The lowest BCUT2D eigenvalue weighted by Gasteiger charge is -2.14. The number of aryl methyl sites for hydroxylation is 1. The number of unbranched alkanes of at least 4 members (excludes halogenated alkanes) is 1. The van der Waals surface area contributed by atoms with E-state index in [0.29, 0.717) is 0 Å². The van der Waals surface area contributed by atoms with Crippen molar-refractivity contribution in [1.82, 2.24) is 5.32 Å². The third-order valence-corrected chi connectivity index (χ3v) is 3.60. The molecule has 0 aliphatic rings. The molecule has 120 valence electrons. The molecule has 0 saturated carbocycles. The molecule has 2 aromatic carbocycles. The molecule has 0 bridgehead atoms. The van der Waals surface area contributed by atoms with Crippen LogP contribution in [0.3, 0.4) is 0 Å². The third kappa shape index (κ3) is 5.70. The van der Waals surface area contributed by atoms with Crippen molar-refractivity contribution >= 4 is 12.4 Å². The zero-order valence-corrected chi connectivity index (χ0v) is 14.3. The second-order valence-corrected chi connectivity index (χ2v) is 5.38. The van der Waals surface area contributed by atoms with Crippen LogP contribution in [0.15, 0.2) is 48.5 Å². The molecule has 0 heterocycles. The average molecular weight is 320 g/mol. The summed E-state index contributed by atoms with van der Waals surface area (Å²) in [5.41, 5.74) is 3.81. The van der Waals surface area contributed by atoms with E-state index in [4.69, 9.17) is 4.74 Å². The Kier molecular flexibility index (Phi) is 8.64. The minimum absolute atomic E-state index is 0. The Morgan fingerprint density at radius 1 is 0.955 bits per heavy atom. The smallest absolute Gasteiger partial charge is 0.125 e. The van der Waals surface area contributed by atoms with Crippen molar-refractivity contribution in [3.63, 3.8) is 0 Å². The summed E-state index contributed by atoms with van der Waals surface area (Å²) in [6, 6.07) is 17.0. The molecule has 0 aromatic heterocycles. The van der Waals surface area contributed by atoms with Crippen LogP contribution in [-0.4, -0.2) is 20.2 Å². The van der Waals surface area contributed by atoms with Crippen LogP contribution in [0.5, 0.6) is 5.75 Å². The van der Waals surface area contributed by atoms with Crippen molar-refractivity contribution in [3.8, 4) is 5.75 Å². The predicted molar refractivity (Wildman–Crippen MR) is 96.3 cm³/mol. The molecule has 0 amide bonds. The van der Waals surface area contributed by atoms with Gasteiger partial charge in [-0.3, -0.25) is 0 Å². The molecular weight excluding hydrogens is 294 g/mol. The van der Waals surface area contributed by atoms with E-state index in [1.165, 1.54) is 16.7 Å². The highest BCUT2D eigenvalue weighted by molar-refractivity contribution is 5.85. The summed E-state index contributed by atoms with van der Waals surface area (Å²) in [5.74, 6) is 1.06. The lowest BCUT2D eigenvalue weighted by molar-refractivity contribution is 0.302. The summed E-state index contributed by atoms with van der Waals surface area (Å²) in [6.45, 7) is 3.96. The summed E-state index contributed by atoms with van der Waals surface area (Å²) in [7, 11) is 1.99. The van der Waals surface area contributed by atoms with Crippen molar-refractivity contribution in [2.45, 2.75) is 26.2 Å². The zero-order valence-electron chi connectivity index (χ0n) is 13.5. The Labute approximate surface area is 140 Å². The second-order valence-electron chi connectivity index (χ2n) is 5.38. The van der Waals surface area contributed by atoms with Crippen LogP contribution in [0.25, 0.3) is 0 Å². The van der Waals surface area contributed by atoms with E-state index in [1.54, 1.807) is 0 Å². The van der Waals surface area contributed by atoms with Crippen molar-refractivity contribution in [1.29, 1.82) is 0 Å². The Morgan fingerprint density at radius 3 is 2.45 bits per heavy atom. The molecule has 2 rings (SSSR count). The van der Waals surface area contributed by atoms with Crippen LogP contribution in [0.2, 0.25) is 0 Å². The van der Waals surface area contributed by atoms with Gasteiger partial charge >= 0.3 is 0 Å². The van der Waals surface area contributed by atoms with E-state index in [2.05, 4.69) is 60.8 Å². The van der Waals surface area contributed by atoms with Crippen LogP contribution < -0.4 is 10.1 Å². The van der Waals surface area contributed by atoms with Crippen LogP contribution in [0.4, 0.5) is 0 Å². The molecule has 0 aliphatic carbocycles. The minimum atomic E-state index is 0. The van der Waals surface area contributed by atoms with Gasteiger partial charge in [0.05, 0.1) is 6.61 Å². The van der Waals surface area contributed by atoms with E-state index in [-0.39, 0.29) is 12.4 Å². The Hall–Kier alpha value is -1.51. The highest BCUT2D eigenvalue weighted by Crippen LogP contribution is 2.26. The maximum atomic E-state index is 6.06. The lowest BCUT2D eigenvalue weighted by Crippen LogP contribution is -2.10. The van der Waals surface area contributed by atoms with Gasteiger partial charge in [-0.25, -0.2) is 0 Å². The zero-order chi connectivity index (χ0) is 14.9. The summed E-state index contributed by atoms with van der Waals surface area (Å²) in [4.78, 5) is 0. The molecule has 0 saturated heterocycles. The summed E-state index contributed by atoms with van der Waals surface area (Å²) in [6.07, 6.45) is 3.16. The number of rotatable bonds is 8. The normalized spacial score (nSPS) is 10.1. The molecular formula is C19H26ClNO. The molecule has 0 aliphatic heterocycles. The SMILES string of the molecule is CNCCCCOc1c(C)cccc1Cc1ccccc1.Cl. The molecule has 0 radical (unpaired) electrons. The van der Waals surface area contributed by atoms with Crippen molar-refractivity contribution in [3.05, 3.63) is 65.2 Å². The summed E-state index contributed by atoms with van der Waals surface area (Å²) in [5, 5.41) is 3.17. The first-order valence-electron chi connectivity index (χ1n) is 7.71. The first-order valence-corrected chi connectivity index (χ1v) is 7.71. The second kappa shape index (κ2) is 10.3. The van der Waals surface area contributed by atoms with Gasteiger partial charge in [0, 0.05) is 6.42 Å². The van der Waals surface area contributed by atoms with Gasteiger partial charge in [-0.05, 0) is 50.0 Å². The molecule has 22 heavy (non-hydrogen) atoms. The number of para-hydroxylation sites is 1. The molecule has 2 nitrogen and oxygen atoms in total. The van der Waals surface area contributed by atoms with Crippen molar-refractivity contribution < 1.29 is 4.74 Å². The van der Waals surface area contributed by atoms with Crippen LogP contribution in [0, 0.1) is 6.92 Å². The van der Waals surface area contributed by atoms with Gasteiger partial charge < -0.3 is 10.1 Å². The summed E-state index contributed by atoms with van der Waals surface area (Å²) < 4.78 is 6.06. The van der Waals surface area contributed by atoms with Crippen molar-refractivity contribution in [2.75, 3.05) is 20.2 Å². The van der Waals surface area contributed by atoms with E-state index in [9.17, 15) is 0 Å². The maximum absolute atomic E-state index is 6.06. The Morgan fingerprint density at radius 2 is 1.73 bits per heavy atom.